The lowest BCUT2D eigenvalue weighted by atomic mass is 10.1. The van der Waals surface area contributed by atoms with Crippen LogP contribution in [-0.4, -0.2) is 35.8 Å². The Kier molecular flexibility index (Phi) is 5.39. The fourth-order valence-corrected chi connectivity index (χ4v) is 4.85. The van der Waals surface area contributed by atoms with Gasteiger partial charge < -0.3 is 8.98 Å². The Balaban J connectivity index is 1.51. The predicted octanol–water partition coefficient (Wildman–Crippen LogP) is 4.21. The number of furan rings is 1. The first-order valence-electron chi connectivity index (χ1n) is 9.72. The molecule has 8 heteroatoms. The summed E-state index contributed by atoms with van der Waals surface area (Å²) < 4.78 is 9.48. The lowest BCUT2D eigenvalue weighted by molar-refractivity contribution is 0.0993. The molecule has 28 heavy (non-hydrogen) atoms. The smallest absolute Gasteiger partial charge is 0.210 e. The van der Waals surface area contributed by atoms with E-state index in [4.69, 9.17) is 4.42 Å². The van der Waals surface area contributed by atoms with Gasteiger partial charge in [-0.15, -0.1) is 5.10 Å². The van der Waals surface area contributed by atoms with Crippen molar-refractivity contribution in [2.75, 3.05) is 0 Å². The van der Waals surface area contributed by atoms with Gasteiger partial charge in [-0.05, 0) is 62.2 Å². The third kappa shape index (κ3) is 3.65. The molecule has 7 nitrogen and oxygen atoms in total. The fourth-order valence-electron chi connectivity index (χ4n) is 3.92. The van der Waals surface area contributed by atoms with E-state index in [1.54, 1.807) is 6.26 Å². The molecule has 0 amide bonds. The third-order valence-corrected chi connectivity index (χ3v) is 6.56. The molecule has 1 aliphatic rings. The molecule has 0 radical (unpaired) electrons. The van der Waals surface area contributed by atoms with E-state index in [-0.39, 0.29) is 11.0 Å². The van der Waals surface area contributed by atoms with Crippen molar-refractivity contribution in [1.29, 1.82) is 0 Å². The summed E-state index contributed by atoms with van der Waals surface area (Å²) in [6, 6.07) is 6.15. The van der Waals surface area contributed by atoms with Gasteiger partial charge in [0.2, 0.25) is 5.16 Å². The van der Waals surface area contributed by atoms with Crippen molar-refractivity contribution in [2.45, 2.75) is 69.4 Å². The summed E-state index contributed by atoms with van der Waals surface area (Å²) in [5.41, 5.74) is 2.76. The van der Waals surface area contributed by atoms with Gasteiger partial charge >= 0.3 is 0 Å². The van der Waals surface area contributed by atoms with E-state index >= 15 is 0 Å². The second-order valence-corrected chi connectivity index (χ2v) is 8.73. The summed E-state index contributed by atoms with van der Waals surface area (Å²) >= 11 is 1.45. The third-order valence-electron chi connectivity index (χ3n) is 5.52. The lowest BCUT2D eigenvalue weighted by Gasteiger charge is -2.14. The van der Waals surface area contributed by atoms with E-state index in [1.165, 1.54) is 24.6 Å². The van der Waals surface area contributed by atoms with Gasteiger partial charge in [0.1, 0.15) is 5.76 Å². The highest BCUT2D eigenvalue weighted by atomic mass is 32.2. The number of carbonyl (C=O) groups is 1. The standard InChI is InChI=1S/C20H25N5O2S/c1-13-11-18(14(2)24(13)12-17-9-6-10-27-17)19(26)15(3)28-20-21-22-23-25(20)16-7-4-5-8-16/h6,9-11,15-16H,4-5,7-8,12H2,1-3H3. The maximum absolute atomic E-state index is 13.2. The summed E-state index contributed by atoms with van der Waals surface area (Å²) in [4.78, 5) is 13.2. The molecule has 1 saturated carbocycles. The van der Waals surface area contributed by atoms with Crippen LogP contribution in [0.5, 0.6) is 0 Å². The van der Waals surface area contributed by atoms with Crippen molar-refractivity contribution in [3.05, 3.63) is 47.2 Å². The highest BCUT2D eigenvalue weighted by Gasteiger charge is 2.27. The minimum absolute atomic E-state index is 0.102. The molecule has 3 aromatic heterocycles. The molecule has 3 heterocycles. The predicted molar refractivity (Wildman–Crippen MR) is 107 cm³/mol. The number of thioether (sulfide) groups is 1. The first kappa shape index (κ1) is 19.0. The van der Waals surface area contributed by atoms with Crippen molar-refractivity contribution in [3.63, 3.8) is 0 Å². The molecule has 0 aliphatic heterocycles. The van der Waals surface area contributed by atoms with Gasteiger partial charge in [-0.25, -0.2) is 4.68 Å². The number of ketones is 1. The van der Waals surface area contributed by atoms with Crippen molar-refractivity contribution in [3.8, 4) is 0 Å². The summed E-state index contributed by atoms with van der Waals surface area (Å²) in [5, 5.41) is 12.7. The quantitative estimate of drug-likeness (QED) is 0.437. The average molecular weight is 400 g/mol. The molecule has 0 aromatic carbocycles. The number of rotatable bonds is 7. The maximum atomic E-state index is 13.2. The van der Waals surface area contributed by atoms with Crippen LogP contribution in [-0.2, 0) is 6.54 Å². The Morgan fingerprint density at radius 3 is 2.86 bits per heavy atom. The summed E-state index contributed by atoms with van der Waals surface area (Å²) in [7, 11) is 0. The maximum Gasteiger partial charge on any atom is 0.210 e. The molecule has 3 aromatic rings. The van der Waals surface area contributed by atoms with Gasteiger partial charge in [0.05, 0.1) is 24.1 Å². The van der Waals surface area contributed by atoms with Gasteiger partial charge in [0.15, 0.2) is 5.78 Å². The fraction of sp³-hybridized carbons (Fsp3) is 0.500. The minimum atomic E-state index is -0.260. The number of hydrogen-bond donors (Lipinski definition) is 0. The summed E-state index contributed by atoms with van der Waals surface area (Å²) in [6.45, 7) is 6.56. The molecule has 0 bridgehead atoms. The van der Waals surface area contributed by atoms with Crippen molar-refractivity contribution < 1.29 is 9.21 Å². The number of aromatic nitrogens is 5. The summed E-state index contributed by atoms with van der Waals surface area (Å²) in [6.07, 6.45) is 6.31. The largest absolute Gasteiger partial charge is 0.467 e. The molecular formula is C20H25N5O2S. The number of hydrogen-bond acceptors (Lipinski definition) is 6. The highest BCUT2D eigenvalue weighted by molar-refractivity contribution is 8.00. The van der Waals surface area contributed by atoms with Crippen molar-refractivity contribution in [2.24, 2.45) is 0 Å². The van der Waals surface area contributed by atoms with Crippen LogP contribution in [0.15, 0.2) is 34.0 Å². The highest BCUT2D eigenvalue weighted by Crippen LogP contribution is 2.33. The van der Waals surface area contributed by atoms with Crippen LogP contribution in [0.3, 0.4) is 0 Å². The number of tetrazole rings is 1. The monoisotopic (exact) mass is 399 g/mol. The Morgan fingerprint density at radius 2 is 2.14 bits per heavy atom. The number of aryl methyl sites for hydroxylation is 1. The van der Waals surface area contributed by atoms with Gasteiger partial charge in [-0.3, -0.25) is 4.79 Å². The Bertz CT molecular complexity index is 954. The van der Waals surface area contributed by atoms with Crippen LogP contribution in [0, 0.1) is 13.8 Å². The Morgan fingerprint density at radius 1 is 1.36 bits per heavy atom. The number of nitrogens with zero attached hydrogens (tertiary/aromatic N) is 5. The minimum Gasteiger partial charge on any atom is -0.467 e. The molecule has 148 valence electrons. The number of carbonyl (C=O) groups excluding carboxylic acids is 1. The molecule has 1 atom stereocenters. The molecule has 4 rings (SSSR count). The van der Waals surface area contributed by atoms with E-state index in [0.29, 0.717) is 12.6 Å². The van der Waals surface area contributed by atoms with Crippen LogP contribution in [0.2, 0.25) is 0 Å². The second-order valence-electron chi connectivity index (χ2n) is 7.42. The van der Waals surface area contributed by atoms with Crippen LogP contribution < -0.4 is 0 Å². The molecule has 1 aliphatic carbocycles. The Hall–Kier alpha value is -2.35. The van der Waals surface area contributed by atoms with Crippen LogP contribution >= 0.6 is 11.8 Å². The zero-order chi connectivity index (χ0) is 19.7. The van der Waals surface area contributed by atoms with E-state index in [9.17, 15) is 4.79 Å². The molecule has 1 unspecified atom stereocenters. The molecule has 0 N–H and O–H groups in total. The zero-order valence-corrected chi connectivity index (χ0v) is 17.3. The molecule has 0 spiro atoms. The van der Waals surface area contributed by atoms with Crippen molar-refractivity contribution >= 4 is 17.5 Å². The van der Waals surface area contributed by atoms with E-state index in [2.05, 4.69) is 20.1 Å². The van der Waals surface area contributed by atoms with E-state index in [1.807, 2.05) is 43.7 Å². The Labute approximate surface area is 168 Å². The van der Waals surface area contributed by atoms with E-state index < -0.39 is 0 Å². The van der Waals surface area contributed by atoms with Crippen LogP contribution in [0.1, 0.15) is 66.2 Å². The van der Waals surface area contributed by atoms with E-state index in [0.717, 1.165) is 40.7 Å². The molecular weight excluding hydrogens is 374 g/mol. The molecule has 0 saturated heterocycles. The average Bonchev–Trinajstić information content (AvgIpc) is 3.46. The topological polar surface area (TPSA) is 78.7 Å². The van der Waals surface area contributed by atoms with Gasteiger partial charge in [0.25, 0.3) is 0 Å². The molecule has 1 fully saturated rings. The first-order chi connectivity index (χ1) is 13.5. The van der Waals surface area contributed by atoms with Crippen LogP contribution in [0.25, 0.3) is 0 Å². The van der Waals surface area contributed by atoms with Gasteiger partial charge in [0, 0.05) is 17.0 Å². The number of Topliss-reactive ketones (excluding diaryl/α,β-unsaturated/α-hetero) is 1. The van der Waals surface area contributed by atoms with Gasteiger partial charge in [-0.2, -0.15) is 0 Å². The zero-order valence-electron chi connectivity index (χ0n) is 16.5. The lowest BCUT2D eigenvalue weighted by Crippen LogP contribution is -2.17. The SMILES string of the molecule is Cc1cc(C(=O)C(C)Sc2nnnn2C2CCCC2)c(C)n1Cc1ccco1. The van der Waals surface area contributed by atoms with Gasteiger partial charge in [-0.1, -0.05) is 24.6 Å². The first-order valence-corrected chi connectivity index (χ1v) is 10.6. The summed E-state index contributed by atoms with van der Waals surface area (Å²) in [5.74, 6) is 0.976. The van der Waals surface area contributed by atoms with Crippen LogP contribution in [0.4, 0.5) is 0 Å². The second kappa shape index (κ2) is 7.95. The van der Waals surface area contributed by atoms with Crippen molar-refractivity contribution in [1.82, 2.24) is 24.8 Å². The normalized spacial score (nSPS) is 16.0.